The summed E-state index contributed by atoms with van der Waals surface area (Å²) in [6.45, 7) is -0.0381. The molecule has 2 bridgehead atoms. The Balaban J connectivity index is 1.47. The van der Waals surface area contributed by atoms with Gasteiger partial charge >= 0.3 is 12.2 Å². The summed E-state index contributed by atoms with van der Waals surface area (Å²) in [7, 11) is 0. The van der Waals surface area contributed by atoms with Gasteiger partial charge in [-0.25, -0.2) is 4.79 Å². The van der Waals surface area contributed by atoms with Crippen molar-refractivity contribution in [3.63, 3.8) is 0 Å². The van der Waals surface area contributed by atoms with Crippen LogP contribution in [0, 0.1) is 11.8 Å². The summed E-state index contributed by atoms with van der Waals surface area (Å²) in [5.41, 5.74) is -0.376. The number of hydrogen-bond acceptors (Lipinski definition) is 3. The number of hydrogen-bond donors (Lipinski definition) is 0. The number of alkyl halides is 3. The van der Waals surface area contributed by atoms with E-state index in [9.17, 15) is 27.6 Å². The van der Waals surface area contributed by atoms with E-state index in [1.54, 1.807) is 0 Å². The molecular formula is C20H21F3N2O3. The van der Waals surface area contributed by atoms with E-state index in [0.717, 1.165) is 42.7 Å². The van der Waals surface area contributed by atoms with Crippen LogP contribution in [0.2, 0.25) is 0 Å². The Labute approximate surface area is 160 Å². The molecule has 1 aromatic rings. The molecule has 0 unspecified atom stereocenters. The number of benzene rings is 1. The van der Waals surface area contributed by atoms with Gasteiger partial charge in [0.1, 0.15) is 6.42 Å². The molecule has 0 N–H and O–H groups in total. The molecule has 1 aliphatic heterocycles. The Bertz CT molecular complexity index is 823. The molecule has 4 amide bonds. The van der Waals surface area contributed by atoms with Gasteiger partial charge in [0.25, 0.3) is 0 Å². The van der Waals surface area contributed by atoms with E-state index in [2.05, 4.69) is 0 Å². The topological polar surface area (TPSA) is 57.7 Å². The summed E-state index contributed by atoms with van der Waals surface area (Å²) in [4.78, 5) is 39.8. The molecule has 0 spiro atoms. The van der Waals surface area contributed by atoms with E-state index in [1.807, 2.05) is 0 Å². The van der Waals surface area contributed by atoms with Gasteiger partial charge in [-0.2, -0.15) is 13.2 Å². The zero-order chi connectivity index (χ0) is 20.1. The molecule has 150 valence electrons. The summed E-state index contributed by atoms with van der Waals surface area (Å²) in [5, 5.41) is 0. The summed E-state index contributed by atoms with van der Waals surface area (Å²) in [6.07, 6.45) is -0.780. The largest absolute Gasteiger partial charge is 0.416 e. The fraction of sp³-hybridized carbons (Fsp3) is 0.550. The highest BCUT2D eigenvalue weighted by Gasteiger charge is 2.49. The van der Waals surface area contributed by atoms with Gasteiger partial charge in [-0.05, 0) is 49.1 Å². The minimum Gasteiger partial charge on any atom is -0.274 e. The molecule has 8 heteroatoms. The lowest BCUT2D eigenvalue weighted by Crippen LogP contribution is -2.59. The second kappa shape index (κ2) is 6.90. The number of nitrogens with zero attached hydrogens (tertiary/aromatic N) is 2. The van der Waals surface area contributed by atoms with E-state index < -0.39 is 29.6 Å². The normalized spacial score (nSPS) is 27.8. The van der Waals surface area contributed by atoms with Gasteiger partial charge in [0, 0.05) is 12.6 Å². The average molecular weight is 394 g/mol. The van der Waals surface area contributed by atoms with Crippen LogP contribution in [0.25, 0.3) is 0 Å². The molecular weight excluding hydrogens is 373 g/mol. The standard InChI is InChI=1S/C20H21F3N2O3/c21-20(22,23)15-3-1-2-12(9-15)6-7-24-17(26)11-18(27)25(19(24)28)16-10-13-4-5-14(16)8-13/h1-3,9,13-14,16H,4-8,10-11H2/t13-,14+,16-/m0/s1. The fourth-order valence-electron chi connectivity index (χ4n) is 4.87. The third-order valence-electron chi connectivity index (χ3n) is 6.22. The zero-order valence-corrected chi connectivity index (χ0v) is 15.2. The minimum absolute atomic E-state index is 0.0381. The number of carbonyl (C=O) groups excluding carboxylic acids is 3. The maximum atomic E-state index is 12.9. The van der Waals surface area contributed by atoms with Crippen LogP contribution < -0.4 is 0 Å². The van der Waals surface area contributed by atoms with E-state index in [1.165, 1.54) is 17.0 Å². The molecule has 4 rings (SSSR count). The number of rotatable bonds is 4. The monoisotopic (exact) mass is 394 g/mol. The molecule has 0 radical (unpaired) electrons. The molecule has 2 saturated carbocycles. The summed E-state index contributed by atoms with van der Waals surface area (Å²) >= 11 is 0. The van der Waals surface area contributed by atoms with E-state index >= 15 is 0 Å². The van der Waals surface area contributed by atoms with Crippen LogP contribution in [-0.4, -0.2) is 40.2 Å². The predicted molar refractivity (Wildman–Crippen MR) is 93.0 cm³/mol. The van der Waals surface area contributed by atoms with Gasteiger partial charge in [0.05, 0.1) is 5.56 Å². The number of barbiturate groups is 1. The smallest absolute Gasteiger partial charge is 0.274 e. The summed E-state index contributed by atoms with van der Waals surface area (Å²) < 4.78 is 38.6. The van der Waals surface area contributed by atoms with Crippen LogP contribution in [0.15, 0.2) is 24.3 Å². The highest BCUT2D eigenvalue weighted by atomic mass is 19.4. The first-order valence-electron chi connectivity index (χ1n) is 9.56. The van der Waals surface area contributed by atoms with Gasteiger partial charge in [-0.3, -0.25) is 19.4 Å². The third-order valence-corrected chi connectivity index (χ3v) is 6.22. The highest BCUT2D eigenvalue weighted by molar-refractivity contribution is 6.14. The Hall–Kier alpha value is -2.38. The Morgan fingerprint density at radius 3 is 2.46 bits per heavy atom. The van der Waals surface area contributed by atoms with Gasteiger partial charge in [0.15, 0.2) is 0 Å². The van der Waals surface area contributed by atoms with Gasteiger partial charge < -0.3 is 0 Å². The number of fused-ring (bicyclic) bond motifs is 2. The second-order valence-corrected chi connectivity index (χ2v) is 7.96. The maximum Gasteiger partial charge on any atom is 0.416 e. The molecule has 0 aromatic heterocycles. The molecule has 1 aromatic carbocycles. The van der Waals surface area contributed by atoms with E-state index in [4.69, 9.17) is 0 Å². The van der Waals surface area contributed by atoms with Crippen molar-refractivity contribution in [2.45, 2.75) is 50.7 Å². The first-order valence-corrected chi connectivity index (χ1v) is 9.56. The van der Waals surface area contributed by atoms with Crippen molar-refractivity contribution in [2.75, 3.05) is 6.54 Å². The molecule has 28 heavy (non-hydrogen) atoms. The van der Waals surface area contributed by atoms with Crippen molar-refractivity contribution >= 4 is 17.8 Å². The predicted octanol–water partition coefficient (Wildman–Crippen LogP) is 3.62. The van der Waals surface area contributed by atoms with Crippen LogP contribution in [0.1, 0.15) is 43.2 Å². The molecule has 1 saturated heterocycles. The van der Waals surface area contributed by atoms with Gasteiger partial charge in [-0.15, -0.1) is 0 Å². The summed E-state index contributed by atoms with van der Waals surface area (Å²) in [5.74, 6) is -0.201. The highest BCUT2D eigenvalue weighted by Crippen LogP contribution is 2.47. The average Bonchev–Trinajstić information content (AvgIpc) is 3.24. The van der Waals surface area contributed by atoms with Crippen molar-refractivity contribution in [1.29, 1.82) is 0 Å². The molecule has 3 fully saturated rings. The van der Waals surface area contributed by atoms with Crippen molar-refractivity contribution < 1.29 is 27.6 Å². The van der Waals surface area contributed by atoms with Gasteiger partial charge in [-0.1, -0.05) is 24.6 Å². The van der Waals surface area contributed by atoms with Crippen LogP contribution in [-0.2, 0) is 22.2 Å². The Kier molecular flexibility index (Phi) is 4.67. The van der Waals surface area contributed by atoms with Gasteiger partial charge in [0.2, 0.25) is 11.8 Å². The number of urea groups is 1. The first kappa shape index (κ1) is 19.0. The number of carbonyl (C=O) groups is 3. The molecule has 2 aliphatic carbocycles. The van der Waals surface area contributed by atoms with Crippen LogP contribution in [0.4, 0.5) is 18.0 Å². The number of imide groups is 2. The lowest BCUT2D eigenvalue weighted by Gasteiger charge is -2.39. The van der Waals surface area contributed by atoms with E-state index in [-0.39, 0.29) is 25.4 Å². The molecule has 3 atom stereocenters. The SMILES string of the molecule is O=C1CC(=O)N([C@H]2C[C@H]3CC[C@@H]2C3)C(=O)N1CCc1cccc(C(F)(F)F)c1. The lowest BCUT2D eigenvalue weighted by atomic mass is 9.93. The molecule has 5 nitrogen and oxygen atoms in total. The van der Waals surface area contributed by atoms with Crippen molar-refractivity contribution in [3.05, 3.63) is 35.4 Å². The van der Waals surface area contributed by atoms with Crippen LogP contribution >= 0.6 is 0 Å². The van der Waals surface area contributed by atoms with Crippen molar-refractivity contribution in [1.82, 2.24) is 9.80 Å². The Morgan fingerprint density at radius 1 is 1.04 bits per heavy atom. The Morgan fingerprint density at radius 2 is 1.82 bits per heavy atom. The summed E-state index contributed by atoms with van der Waals surface area (Å²) in [6, 6.07) is 4.08. The van der Waals surface area contributed by atoms with Crippen LogP contribution in [0.5, 0.6) is 0 Å². The zero-order valence-electron chi connectivity index (χ0n) is 15.2. The third kappa shape index (κ3) is 3.40. The van der Waals surface area contributed by atoms with Crippen molar-refractivity contribution in [3.8, 4) is 0 Å². The molecule has 3 aliphatic rings. The number of halogens is 3. The van der Waals surface area contributed by atoms with E-state index in [0.29, 0.717) is 17.4 Å². The minimum atomic E-state index is -4.45. The number of amides is 4. The quantitative estimate of drug-likeness (QED) is 0.733. The maximum absolute atomic E-state index is 12.9. The molecule has 1 heterocycles. The fourth-order valence-corrected chi connectivity index (χ4v) is 4.87. The second-order valence-electron chi connectivity index (χ2n) is 7.96. The first-order chi connectivity index (χ1) is 13.2. The lowest BCUT2D eigenvalue weighted by molar-refractivity contribution is -0.144. The van der Waals surface area contributed by atoms with Crippen molar-refractivity contribution in [2.24, 2.45) is 11.8 Å². The van der Waals surface area contributed by atoms with Crippen LogP contribution in [0.3, 0.4) is 0 Å².